The molecule has 2 rings (SSSR count). The molecule has 1 saturated heterocycles. The number of benzene rings is 1. The number of rotatable bonds is 6. The van der Waals surface area contributed by atoms with Gasteiger partial charge in [-0.1, -0.05) is 31.5 Å². The summed E-state index contributed by atoms with van der Waals surface area (Å²) in [6, 6.07) is 6.89. The number of likely N-dealkylation sites (tertiary alicyclic amines) is 1. The second-order valence-electron chi connectivity index (χ2n) is 5.23. The van der Waals surface area contributed by atoms with Crippen LogP contribution in [0.4, 0.5) is 8.78 Å². The smallest absolute Gasteiger partial charge is 0.387 e. The third-order valence-electron chi connectivity index (χ3n) is 4.05. The highest BCUT2D eigenvalue weighted by molar-refractivity contribution is 5.36. The topological polar surface area (TPSA) is 38.5 Å². The van der Waals surface area contributed by atoms with Crippen molar-refractivity contribution in [2.24, 2.45) is 11.7 Å². The Morgan fingerprint density at radius 1 is 1.40 bits per heavy atom. The maximum absolute atomic E-state index is 12.5. The van der Waals surface area contributed by atoms with Gasteiger partial charge < -0.3 is 10.5 Å². The Kier molecular flexibility index (Phi) is 5.31. The lowest BCUT2D eigenvalue weighted by Crippen LogP contribution is -2.32. The van der Waals surface area contributed by atoms with E-state index in [1.807, 2.05) is 12.1 Å². The maximum Gasteiger partial charge on any atom is 0.387 e. The molecule has 0 aliphatic carbocycles. The minimum Gasteiger partial charge on any atom is -0.434 e. The lowest BCUT2D eigenvalue weighted by Gasteiger charge is -2.28. The molecule has 1 fully saturated rings. The summed E-state index contributed by atoms with van der Waals surface area (Å²) in [5.74, 6) is 0.908. The Labute approximate surface area is 118 Å². The molecule has 1 aliphatic heterocycles. The minimum absolute atomic E-state index is 0.0542. The zero-order chi connectivity index (χ0) is 14.5. The number of alkyl halides is 2. The number of hydrogen-bond acceptors (Lipinski definition) is 3. The van der Waals surface area contributed by atoms with E-state index in [-0.39, 0.29) is 11.8 Å². The van der Waals surface area contributed by atoms with Gasteiger partial charge in [0.05, 0.1) is 6.04 Å². The Hall–Kier alpha value is -1.20. The monoisotopic (exact) mass is 284 g/mol. The van der Waals surface area contributed by atoms with Gasteiger partial charge in [-0.3, -0.25) is 4.90 Å². The number of nitrogens with zero attached hydrogens (tertiary/aromatic N) is 1. The molecular weight excluding hydrogens is 262 g/mol. The molecule has 2 unspecified atom stereocenters. The zero-order valence-corrected chi connectivity index (χ0v) is 11.8. The SMILES string of the molecule is CCC1CCN(C(CN)c2ccccc2OC(F)F)C1. The molecule has 0 saturated carbocycles. The highest BCUT2D eigenvalue weighted by Crippen LogP contribution is 2.33. The van der Waals surface area contributed by atoms with E-state index >= 15 is 0 Å². The van der Waals surface area contributed by atoms with Crippen LogP contribution in [0.25, 0.3) is 0 Å². The molecule has 2 atom stereocenters. The van der Waals surface area contributed by atoms with Gasteiger partial charge in [-0.2, -0.15) is 8.78 Å². The van der Waals surface area contributed by atoms with Crippen molar-refractivity contribution in [1.82, 2.24) is 4.90 Å². The minimum atomic E-state index is -2.81. The first-order valence-corrected chi connectivity index (χ1v) is 7.13. The summed E-state index contributed by atoms with van der Waals surface area (Å²) in [5, 5.41) is 0. The van der Waals surface area contributed by atoms with Crippen LogP contribution in [0.5, 0.6) is 5.75 Å². The summed E-state index contributed by atoms with van der Waals surface area (Å²) in [7, 11) is 0. The number of hydrogen-bond donors (Lipinski definition) is 1. The third-order valence-corrected chi connectivity index (χ3v) is 4.05. The van der Waals surface area contributed by atoms with Crippen LogP contribution in [0.15, 0.2) is 24.3 Å². The first kappa shape index (κ1) is 15.2. The van der Waals surface area contributed by atoms with Gasteiger partial charge in [0.1, 0.15) is 5.75 Å². The summed E-state index contributed by atoms with van der Waals surface area (Å²) in [6.45, 7) is 1.71. The lowest BCUT2D eigenvalue weighted by molar-refractivity contribution is -0.0511. The molecule has 0 bridgehead atoms. The maximum atomic E-state index is 12.5. The Balaban J connectivity index is 2.19. The molecule has 5 heteroatoms. The second-order valence-corrected chi connectivity index (χ2v) is 5.23. The molecule has 1 aromatic rings. The first-order valence-electron chi connectivity index (χ1n) is 7.13. The van der Waals surface area contributed by atoms with E-state index in [2.05, 4.69) is 16.6 Å². The van der Waals surface area contributed by atoms with Crippen molar-refractivity contribution in [3.05, 3.63) is 29.8 Å². The fraction of sp³-hybridized carbons (Fsp3) is 0.600. The number of para-hydroxylation sites is 1. The zero-order valence-electron chi connectivity index (χ0n) is 11.8. The Morgan fingerprint density at radius 2 is 2.15 bits per heavy atom. The fourth-order valence-electron chi connectivity index (χ4n) is 2.91. The molecule has 0 amide bonds. The molecule has 0 aromatic heterocycles. The van der Waals surface area contributed by atoms with E-state index in [9.17, 15) is 8.78 Å². The predicted molar refractivity (Wildman–Crippen MR) is 74.8 cm³/mol. The fourth-order valence-corrected chi connectivity index (χ4v) is 2.91. The van der Waals surface area contributed by atoms with Gasteiger partial charge >= 0.3 is 6.61 Å². The van der Waals surface area contributed by atoms with Crippen LogP contribution in [0.2, 0.25) is 0 Å². The van der Waals surface area contributed by atoms with Crippen LogP contribution in [0, 0.1) is 5.92 Å². The van der Waals surface area contributed by atoms with Crippen LogP contribution in [-0.4, -0.2) is 31.1 Å². The average Bonchev–Trinajstić information content (AvgIpc) is 2.90. The van der Waals surface area contributed by atoms with Gasteiger partial charge in [-0.15, -0.1) is 0 Å². The quantitative estimate of drug-likeness (QED) is 0.872. The van der Waals surface area contributed by atoms with Crippen LogP contribution >= 0.6 is 0 Å². The van der Waals surface area contributed by atoms with Gasteiger partial charge in [0, 0.05) is 18.7 Å². The predicted octanol–water partition coefficient (Wildman–Crippen LogP) is 3.02. The summed E-state index contributed by atoms with van der Waals surface area (Å²) < 4.78 is 29.6. The lowest BCUT2D eigenvalue weighted by atomic mass is 10.0. The third kappa shape index (κ3) is 3.46. The van der Waals surface area contributed by atoms with Crippen LogP contribution in [-0.2, 0) is 0 Å². The summed E-state index contributed by atoms with van der Waals surface area (Å²) >= 11 is 0. The highest BCUT2D eigenvalue weighted by Gasteiger charge is 2.29. The van der Waals surface area contributed by atoms with E-state index in [1.165, 1.54) is 0 Å². The molecule has 112 valence electrons. The van der Waals surface area contributed by atoms with E-state index in [4.69, 9.17) is 5.73 Å². The highest BCUT2D eigenvalue weighted by atomic mass is 19.3. The largest absolute Gasteiger partial charge is 0.434 e. The molecule has 1 aromatic carbocycles. The molecule has 0 radical (unpaired) electrons. The standard InChI is InChI=1S/C15H22F2N2O/c1-2-11-7-8-19(10-11)13(9-18)12-5-3-4-6-14(12)20-15(16)17/h3-6,11,13,15H,2,7-10,18H2,1H3. The van der Waals surface area contributed by atoms with E-state index in [0.717, 1.165) is 31.5 Å². The van der Waals surface area contributed by atoms with Crippen LogP contribution in [0.1, 0.15) is 31.4 Å². The van der Waals surface area contributed by atoms with E-state index < -0.39 is 6.61 Å². The van der Waals surface area contributed by atoms with Crippen LogP contribution in [0.3, 0.4) is 0 Å². The molecule has 2 N–H and O–H groups in total. The molecule has 1 aliphatic rings. The van der Waals surface area contributed by atoms with Crippen molar-refractivity contribution < 1.29 is 13.5 Å². The van der Waals surface area contributed by atoms with Crippen molar-refractivity contribution in [3.8, 4) is 5.75 Å². The van der Waals surface area contributed by atoms with Gasteiger partial charge in [-0.25, -0.2) is 0 Å². The summed E-state index contributed by atoms with van der Waals surface area (Å²) in [5.41, 5.74) is 6.64. The van der Waals surface area contributed by atoms with Gasteiger partial charge in [0.2, 0.25) is 0 Å². The second kappa shape index (κ2) is 6.99. The normalized spacial score (nSPS) is 21.4. The number of nitrogens with two attached hydrogens (primary N) is 1. The number of halogens is 2. The van der Waals surface area contributed by atoms with Crippen LogP contribution < -0.4 is 10.5 Å². The average molecular weight is 284 g/mol. The van der Waals surface area contributed by atoms with Gasteiger partial charge in [0.25, 0.3) is 0 Å². The summed E-state index contributed by atoms with van der Waals surface area (Å²) in [4.78, 5) is 2.28. The van der Waals surface area contributed by atoms with Gasteiger partial charge in [0.15, 0.2) is 0 Å². The van der Waals surface area contributed by atoms with Crippen molar-refractivity contribution in [1.29, 1.82) is 0 Å². The summed E-state index contributed by atoms with van der Waals surface area (Å²) in [6.07, 6.45) is 2.29. The Morgan fingerprint density at radius 3 is 2.75 bits per heavy atom. The molecule has 0 spiro atoms. The number of ether oxygens (including phenoxy) is 1. The van der Waals surface area contributed by atoms with Crippen molar-refractivity contribution in [2.45, 2.75) is 32.4 Å². The van der Waals surface area contributed by atoms with Crippen molar-refractivity contribution >= 4 is 0 Å². The van der Waals surface area contributed by atoms with E-state index in [0.29, 0.717) is 12.5 Å². The molecular formula is C15H22F2N2O. The van der Waals surface area contributed by atoms with Crippen molar-refractivity contribution in [3.63, 3.8) is 0 Å². The van der Waals surface area contributed by atoms with Crippen molar-refractivity contribution in [2.75, 3.05) is 19.6 Å². The Bertz CT molecular complexity index is 428. The molecule has 3 nitrogen and oxygen atoms in total. The molecule has 1 heterocycles. The van der Waals surface area contributed by atoms with E-state index in [1.54, 1.807) is 12.1 Å². The van der Waals surface area contributed by atoms with Gasteiger partial charge in [-0.05, 0) is 24.9 Å². The first-order chi connectivity index (χ1) is 9.65. The molecule has 20 heavy (non-hydrogen) atoms.